The largest absolute Gasteiger partial charge is 0.348 e. The Kier molecular flexibility index (Phi) is 5.40. The van der Waals surface area contributed by atoms with Crippen molar-refractivity contribution in [1.82, 2.24) is 10.6 Å². The second-order valence-electron chi connectivity index (χ2n) is 5.14. The molecule has 0 radical (unpaired) electrons. The first-order valence-electron chi connectivity index (χ1n) is 6.96. The van der Waals surface area contributed by atoms with Gasteiger partial charge in [0.05, 0.1) is 12.1 Å². The third kappa shape index (κ3) is 4.32. The molecule has 0 aliphatic carbocycles. The van der Waals surface area contributed by atoms with Crippen LogP contribution in [0.15, 0.2) is 28.7 Å². The van der Waals surface area contributed by atoms with Crippen LogP contribution < -0.4 is 10.6 Å². The third-order valence-electron chi connectivity index (χ3n) is 3.58. The SMILES string of the molecule is C[C@@H](NC(=O)C1CCCCCN1)c1cccc(Br)c1. The summed E-state index contributed by atoms with van der Waals surface area (Å²) in [5.74, 6) is 0.120. The average molecular weight is 325 g/mol. The van der Waals surface area contributed by atoms with Gasteiger partial charge in [-0.1, -0.05) is 40.9 Å². The number of amides is 1. The molecule has 1 aromatic rings. The van der Waals surface area contributed by atoms with Gasteiger partial charge >= 0.3 is 0 Å². The summed E-state index contributed by atoms with van der Waals surface area (Å²) in [5.41, 5.74) is 1.12. The van der Waals surface area contributed by atoms with E-state index in [9.17, 15) is 4.79 Å². The third-order valence-corrected chi connectivity index (χ3v) is 4.08. The average Bonchev–Trinajstić information content (AvgIpc) is 2.67. The van der Waals surface area contributed by atoms with Gasteiger partial charge in [0, 0.05) is 4.47 Å². The first kappa shape index (κ1) is 14.5. The van der Waals surface area contributed by atoms with E-state index in [0.717, 1.165) is 29.4 Å². The van der Waals surface area contributed by atoms with Crippen molar-refractivity contribution in [3.63, 3.8) is 0 Å². The number of carbonyl (C=O) groups excluding carboxylic acids is 1. The van der Waals surface area contributed by atoms with Gasteiger partial charge in [0.1, 0.15) is 0 Å². The Hall–Kier alpha value is -0.870. The summed E-state index contributed by atoms with van der Waals surface area (Å²) in [7, 11) is 0. The van der Waals surface area contributed by atoms with Crippen molar-refractivity contribution in [1.29, 1.82) is 0 Å². The molecule has 2 N–H and O–H groups in total. The molecule has 1 fully saturated rings. The first-order valence-corrected chi connectivity index (χ1v) is 7.75. The number of benzene rings is 1. The minimum absolute atomic E-state index is 0.0305. The van der Waals surface area contributed by atoms with Crippen molar-refractivity contribution in [3.05, 3.63) is 34.3 Å². The lowest BCUT2D eigenvalue weighted by molar-refractivity contribution is -0.123. The fraction of sp³-hybridized carbons (Fsp3) is 0.533. The van der Waals surface area contributed by atoms with Crippen LogP contribution in [0.2, 0.25) is 0 Å². The standard InChI is InChI=1S/C15H21BrN2O/c1-11(12-6-5-7-13(16)10-12)18-15(19)14-8-3-2-4-9-17-14/h5-7,10-11,14,17H,2-4,8-9H2,1H3,(H,18,19)/t11-,14?/m1/s1. The molecule has 2 rings (SSSR count). The number of carbonyl (C=O) groups is 1. The lowest BCUT2D eigenvalue weighted by atomic mass is 10.1. The van der Waals surface area contributed by atoms with E-state index in [0.29, 0.717) is 0 Å². The molecule has 3 nitrogen and oxygen atoms in total. The lowest BCUT2D eigenvalue weighted by Crippen LogP contribution is -2.44. The van der Waals surface area contributed by atoms with Crippen molar-refractivity contribution in [2.45, 2.75) is 44.7 Å². The van der Waals surface area contributed by atoms with Crippen LogP contribution in [0.3, 0.4) is 0 Å². The smallest absolute Gasteiger partial charge is 0.237 e. The summed E-state index contributed by atoms with van der Waals surface area (Å²) in [6.07, 6.45) is 4.47. The van der Waals surface area contributed by atoms with Gasteiger partial charge in [-0.15, -0.1) is 0 Å². The van der Waals surface area contributed by atoms with Crippen LogP contribution in [0.25, 0.3) is 0 Å². The summed E-state index contributed by atoms with van der Waals surface area (Å²) in [6.45, 7) is 2.97. The summed E-state index contributed by atoms with van der Waals surface area (Å²) in [4.78, 5) is 12.2. The normalized spacial score (nSPS) is 21.5. The van der Waals surface area contributed by atoms with Crippen molar-refractivity contribution in [2.24, 2.45) is 0 Å². The second-order valence-corrected chi connectivity index (χ2v) is 6.06. The zero-order chi connectivity index (χ0) is 13.7. The quantitative estimate of drug-likeness (QED) is 0.896. The van der Waals surface area contributed by atoms with E-state index in [1.165, 1.54) is 12.8 Å². The molecule has 0 aromatic heterocycles. The number of nitrogens with one attached hydrogen (secondary N) is 2. The molecule has 0 bridgehead atoms. The van der Waals surface area contributed by atoms with E-state index in [-0.39, 0.29) is 18.0 Å². The van der Waals surface area contributed by atoms with Crippen LogP contribution in [0.1, 0.15) is 44.2 Å². The molecular weight excluding hydrogens is 304 g/mol. The highest BCUT2D eigenvalue weighted by molar-refractivity contribution is 9.10. The molecule has 4 heteroatoms. The molecule has 2 atom stereocenters. The maximum atomic E-state index is 12.2. The van der Waals surface area contributed by atoms with Crippen LogP contribution >= 0.6 is 15.9 Å². The zero-order valence-corrected chi connectivity index (χ0v) is 12.9. The van der Waals surface area contributed by atoms with Crippen molar-refractivity contribution in [3.8, 4) is 0 Å². The van der Waals surface area contributed by atoms with Crippen LogP contribution in [0.5, 0.6) is 0 Å². The fourth-order valence-corrected chi connectivity index (χ4v) is 2.84. The van der Waals surface area contributed by atoms with Crippen molar-refractivity contribution < 1.29 is 4.79 Å². The molecule has 1 unspecified atom stereocenters. The second kappa shape index (κ2) is 7.06. The summed E-state index contributed by atoms with van der Waals surface area (Å²) >= 11 is 3.46. The van der Waals surface area contributed by atoms with E-state index in [1.807, 2.05) is 31.2 Å². The highest BCUT2D eigenvalue weighted by atomic mass is 79.9. The number of halogens is 1. The van der Waals surface area contributed by atoms with Crippen molar-refractivity contribution in [2.75, 3.05) is 6.54 Å². The summed E-state index contributed by atoms with van der Waals surface area (Å²) in [6, 6.07) is 8.07. The first-order chi connectivity index (χ1) is 9.16. The lowest BCUT2D eigenvalue weighted by Gasteiger charge is -2.20. The molecule has 104 valence electrons. The fourth-order valence-electron chi connectivity index (χ4n) is 2.43. The maximum Gasteiger partial charge on any atom is 0.237 e. The van der Waals surface area contributed by atoms with Crippen molar-refractivity contribution >= 4 is 21.8 Å². The van der Waals surface area contributed by atoms with Crippen LogP contribution in [-0.4, -0.2) is 18.5 Å². The highest BCUT2D eigenvalue weighted by Crippen LogP contribution is 2.18. The Bertz CT molecular complexity index is 428. The maximum absolute atomic E-state index is 12.2. The molecule has 1 aromatic carbocycles. The number of hydrogen-bond acceptors (Lipinski definition) is 2. The van der Waals surface area contributed by atoms with E-state index < -0.39 is 0 Å². The predicted molar refractivity (Wildman–Crippen MR) is 81.0 cm³/mol. The van der Waals surface area contributed by atoms with Crippen LogP contribution in [0, 0.1) is 0 Å². The van der Waals surface area contributed by atoms with Gasteiger partial charge in [-0.25, -0.2) is 0 Å². The Morgan fingerprint density at radius 3 is 3.05 bits per heavy atom. The van der Waals surface area contributed by atoms with E-state index in [4.69, 9.17) is 0 Å². The van der Waals surface area contributed by atoms with E-state index >= 15 is 0 Å². The summed E-state index contributed by atoms with van der Waals surface area (Å²) in [5, 5.41) is 6.43. The molecular formula is C15H21BrN2O. The molecule has 1 amide bonds. The number of rotatable bonds is 3. The van der Waals surface area contributed by atoms with Gasteiger partial charge < -0.3 is 10.6 Å². The Morgan fingerprint density at radius 2 is 2.26 bits per heavy atom. The van der Waals surface area contributed by atoms with Gasteiger partial charge in [0.15, 0.2) is 0 Å². The Morgan fingerprint density at radius 1 is 1.42 bits per heavy atom. The van der Waals surface area contributed by atoms with Gasteiger partial charge in [-0.3, -0.25) is 4.79 Å². The topological polar surface area (TPSA) is 41.1 Å². The highest BCUT2D eigenvalue weighted by Gasteiger charge is 2.21. The molecule has 0 spiro atoms. The van der Waals surface area contributed by atoms with Gasteiger partial charge in [0.2, 0.25) is 5.91 Å². The molecule has 1 heterocycles. The predicted octanol–water partition coefficient (Wildman–Crippen LogP) is 3.16. The number of hydrogen-bond donors (Lipinski definition) is 2. The van der Waals surface area contributed by atoms with Crippen LogP contribution in [0.4, 0.5) is 0 Å². The minimum Gasteiger partial charge on any atom is -0.348 e. The van der Waals surface area contributed by atoms with Crippen LogP contribution in [-0.2, 0) is 4.79 Å². The van der Waals surface area contributed by atoms with Gasteiger partial charge in [0.25, 0.3) is 0 Å². The minimum atomic E-state index is -0.0305. The zero-order valence-electron chi connectivity index (χ0n) is 11.3. The molecule has 1 aliphatic heterocycles. The molecule has 19 heavy (non-hydrogen) atoms. The Balaban J connectivity index is 1.94. The summed E-state index contributed by atoms with van der Waals surface area (Å²) < 4.78 is 1.04. The Labute approximate surface area is 123 Å². The monoisotopic (exact) mass is 324 g/mol. The molecule has 1 saturated heterocycles. The van der Waals surface area contributed by atoms with E-state index in [2.05, 4.69) is 26.6 Å². The van der Waals surface area contributed by atoms with E-state index in [1.54, 1.807) is 0 Å². The van der Waals surface area contributed by atoms with Gasteiger partial charge in [-0.05, 0) is 44.0 Å². The molecule has 1 aliphatic rings. The van der Waals surface area contributed by atoms with Gasteiger partial charge in [-0.2, -0.15) is 0 Å². The molecule has 0 saturated carbocycles.